The molecule has 1 unspecified atom stereocenters. The third kappa shape index (κ3) is 3.22. The molecule has 0 aliphatic rings. The molecule has 5 heteroatoms. The lowest BCUT2D eigenvalue weighted by Crippen LogP contribution is -2.20. The number of aromatic nitrogens is 2. The molecule has 1 heterocycles. The fourth-order valence-corrected chi connectivity index (χ4v) is 2.58. The highest BCUT2D eigenvalue weighted by atomic mass is 79.9. The van der Waals surface area contributed by atoms with E-state index in [1.807, 2.05) is 37.8 Å². The van der Waals surface area contributed by atoms with E-state index in [4.69, 9.17) is 0 Å². The minimum Gasteiger partial charge on any atom is -0.313 e. The topological polar surface area (TPSA) is 29.9 Å². The summed E-state index contributed by atoms with van der Waals surface area (Å²) in [6.45, 7) is 1.98. The molecule has 2 rings (SSSR count). The molecular weight excluding hydrogens is 309 g/mol. The van der Waals surface area contributed by atoms with Gasteiger partial charge in [0.25, 0.3) is 0 Å². The molecule has 102 valence electrons. The highest BCUT2D eigenvalue weighted by molar-refractivity contribution is 9.10. The van der Waals surface area contributed by atoms with E-state index in [0.29, 0.717) is 4.47 Å². The largest absolute Gasteiger partial charge is 0.313 e. The maximum Gasteiger partial charge on any atom is 0.137 e. The summed E-state index contributed by atoms with van der Waals surface area (Å²) in [5.41, 5.74) is 3.21. The van der Waals surface area contributed by atoms with Gasteiger partial charge in [-0.15, -0.1) is 0 Å². The average molecular weight is 326 g/mol. The van der Waals surface area contributed by atoms with E-state index in [2.05, 4.69) is 32.4 Å². The van der Waals surface area contributed by atoms with Crippen molar-refractivity contribution in [1.29, 1.82) is 0 Å². The van der Waals surface area contributed by atoms with Crippen LogP contribution in [0.1, 0.15) is 23.0 Å². The summed E-state index contributed by atoms with van der Waals surface area (Å²) in [5, 5.41) is 7.61. The Morgan fingerprint density at radius 2 is 2.16 bits per heavy atom. The van der Waals surface area contributed by atoms with Crippen molar-refractivity contribution in [2.45, 2.75) is 19.4 Å². The predicted octanol–water partition coefficient (Wildman–Crippen LogP) is 3.13. The maximum absolute atomic E-state index is 13.3. The minimum atomic E-state index is -0.241. The fraction of sp³-hybridized carbons (Fsp3) is 0.357. The number of rotatable bonds is 4. The van der Waals surface area contributed by atoms with Gasteiger partial charge in [-0.25, -0.2) is 4.39 Å². The average Bonchev–Trinajstić information content (AvgIpc) is 2.68. The van der Waals surface area contributed by atoms with Crippen LogP contribution in [0, 0.1) is 12.7 Å². The number of aryl methyl sites for hydroxylation is 2. The summed E-state index contributed by atoms with van der Waals surface area (Å²) in [4.78, 5) is 0. The summed E-state index contributed by atoms with van der Waals surface area (Å²) >= 11 is 3.23. The molecule has 0 spiro atoms. The second-order valence-electron chi connectivity index (χ2n) is 4.62. The Hall–Kier alpha value is -1.20. The van der Waals surface area contributed by atoms with Crippen molar-refractivity contribution in [3.05, 3.63) is 51.5 Å². The van der Waals surface area contributed by atoms with Crippen molar-refractivity contribution < 1.29 is 4.39 Å². The van der Waals surface area contributed by atoms with Crippen molar-refractivity contribution in [1.82, 2.24) is 15.1 Å². The molecule has 1 N–H and O–H groups in total. The van der Waals surface area contributed by atoms with Crippen molar-refractivity contribution in [3.8, 4) is 0 Å². The molecule has 19 heavy (non-hydrogen) atoms. The van der Waals surface area contributed by atoms with Gasteiger partial charge in [-0.05, 0) is 53.7 Å². The predicted molar refractivity (Wildman–Crippen MR) is 77.5 cm³/mol. The van der Waals surface area contributed by atoms with Crippen molar-refractivity contribution in [2.24, 2.45) is 7.05 Å². The lowest BCUT2D eigenvalue weighted by atomic mass is 10.0. The van der Waals surface area contributed by atoms with Crippen LogP contribution in [0.2, 0.25) is 0 Å². The van der Waals surface area contributed by atoms with Crippen LogP contribution in [0.4, 0.5) is 4.39 Å². The van der Waals surface area contributed by atoms with Gasteiger partial charge in [0, 0.05) is 25.2 Å². The zero-order chi connectivity index (χ0) is 14.0. The molecule has 0 amide bonds. The first-order chi connectivity index (χ1) is 9.01. The number of halogens is 2. The number of nitrogens with zero attached hydrogens (tertiary/aromatic N) is 2. The maximum atomic E-state index is 13.3. The van der Waals surface area contributed by atoms with E-state index >= 15 is 0 Å². The first-order valence-corrected chi connectivity index (χ1v) is 6.92. The van der Waals surface area contributed by atoms with Gasteiger partial charge in [0.2, 0.25) is 0 Å². The first kappa shape index (κ1) is 14.2. The third-order valence-electron chi connectivity index (χ3n) is 3.21. The molecule has 1 aromatic heterocycles. The van der Waals surface area contributed by atoms with Crippen molar-refractivity contribution in [3.63, 3.8) is 0 Å². The molecule has 0 radical (unpaired) electrons. The van der Waals surface area contributed by atoms with Gasteiger partial charge in [0.15, 0.2) is 0 Å². The molecule has 1 aromatic carbocycles. The van der Waals surface area contributed by atoms with Crippen LogP contribution >= 0.6 is 15.9 Å². The molecule has 3 nitrogen and oxygen atoms in total. The van der Waals surface area contributed by atoms with E-state index in [9.17, 15) is 4.39 Å². The van der Waals surface area contributed by atoms with E-state index in [1.165, 1.54) is 6.07 Å². The Bertz CT molecular complexity index is 580. The van der Waals surface area contributed by atoms with Gasteiger partial charge < -0.3 is 5.32 Å². The van der Waals surface area contributed by atoms with Crippen LogP contribution in [-0.4, -0.2) is 16.8 Å². The number of benzene rings is 1. The highest BCUT2D eigenvalue weighted by Crippen LogP contribution is 2.23. The molecular formula is C14H17BrFN3. The molecule has 1 atom stereocenters. The zero-order valence-electron chi connectivity index (χ0n) is 11.2. The summed E-state index contributed by atoms with van der Waals surface area (Å²) in [5.74, 6) is -0.241. The van der Waals surface area contributed by atoms with E-state index in [1.54, 1.807) is 0 Å². The second-order valence-corrected chi connectivity index (χ2v) is 5.47. The van der Waals surface area contributed by atoms with Gasteiger partial charge in [-0.1, -0.05) is 6.07 Å². The van der Waals surface area contributed by atoms with Crippen molar-refractivity contribution >= 4 is 15.9 Å². The van der Waals surface area contributed by atoms with Gasteiger partial charge >= 0.3 is 0 Å². The summed E-state index contributed by atoms with van der Waals surface area (Å²) < 4.78 is 15.7. The quantitative estimate of drug-likeness (QED) is 0.935. The van der Waals surface area contributed by atoms with Crippen LogP contribution in [0.3, 0.4) is 0 Å². The SMILES string of the molecule is CNC(Cc1cc(C)nn1C)c1ccc(F)c(Br)c1. The summed E-state index contributed by atoms with van der Waals surface area (Å²) in [6, 6.07) is 7.32. The lowest BCUT2D eigenvalue weighted by Gasteiger charge is -2.17. The Labute approximate surface area is 121 Å². The Morgan fingerprint density at radius 3 is 2.68 bits per heavy atom. The van der Waals surface area contributed by atoms with E-state index in [-0.39, 0.29) is 11.9 Å². The minimum absolute atomic E-state index is 0.131. The number of hydrogen-bond acceptors (Lipinski definition) is 2. The molecule has 0 fully saturated rings. The van der Waals surface area contributed by atoms with Gasteiger partial charge in [0.05, 0.1) is 10.2 Å². The fourth-order valence-electron chi connectivity index (χ4n) is 2.18. The van der Waals surface area contributed by atoms with E-state index < -0.39 is 0 Å². The van der Waals surface area contributed by atoms with Crippen LogP contribution in [0.15, 0.2) is 28.7 Å². The first-order valence-electron chi connectivity index (χ1n) is 6.13. The molecule has 0 aliphatic carbocycles. The monoisotopic (exact) mass is 325 g/mol. The number of likely N-dealkylation sites (N-methyl/N-ethyl adjacent to an activating group) is 1. The summed E-state index contributed by atoms with van der Waals surface area (Å²) in [6.07, 6.45) is 0.811. The standard InChI is InChI=1S/C14H17BrFN3/c1-9-6-11(19(3)18-9)8-14(17-2)10-4-5-13(16)12(15)7-10/h4-7,14,17H,8H2,1-3H3. The summed E-state index contributed by atoms with van der Waals surface area (Å²) in [7, 11) is 3.85. The van der Waals surface area contributed by atoms with Crippen LogP contribution < -0.4 is 5.32 Å². The molecule has 0 bridgehead atoms. The number of nitrogens with one attached hydrogen (secondary N) is 1. The zero-order valence-corrected chi connectivity index (χ0v) is 12.8. The molecule has 0 saturated heterocycles. The van der Waals surface area contributed by atoms with Crippen LogP contribution in [-0.2, 0) is 13.5 Å². The van der Waals surface area contributed by atoms with Gasteiger partial charge in [-0.3, -0.25) is 4.68 Å². The van der Waals surface area contributed by atoms with E-state index in [0.717, 1.165) is 23.4 Å². The molecule has 0 aliphatic heterocycles. The number of hydrogen-bond donors (Lipinski definition) is 1. The normalized spacial score (nSPS) is 12.7. The van der Waals surface area contributed by atoms with Crippen LogP contribution in [0.5, 0.6) is 0 Å². The smallest absolute Gasteiger partial charge is 0.137 e. The van der Waals surface area contributed by atoms with Gasteiger partial charge in [0.1, 0.15) is 5.82 Å². The second kappa shape index (κ2) is 5.84. The Kier molecular flexibility index (Phi) is 4.37. The molecule has 0 saturated carbocycles. The van der Waals surface area contributed by atoms with Crippen molar-refractivity contribution in [2.75, 3.05) is 7.05 Å². The highest BCUT2D eigenvalue weighted by Gasteiger charge is 2.14. The Balaban J connectivity index is 2.24. The molecule has 2 aromatic rings. The van der Waals surface area contributed by atoms with Gasteiger partial charge in [-0.2, -0.15) is 5.10 Å². The lowest BCUT2D eigenvalue weighted by molar-refractivity contribution is 0.557. The third-order valence-corrected chi connectivity index (χ3v) is 3.81. The Morgan fingerprint density at radius 1 is 1.42 bits per heavy atom. The van der Waals surface area contributed by atoms with Crippen LogP contribution in [0.25, 0.3) is 0 Å².